The number of aromatic nitrogens is 3. The standard InChI is InChI=1S/C13H16N4O/c14-7-11-8-17(16-15-11)9-13-12-4-2-1-3-10(12)5-6-18-13/h1-4,8,13H,5-7,9,14H2. The highest BCUT2D eigenvalue weighted by Crippen LogP contribution is 2.27. The molecular weight excluding hydrogens is 228 g/mol. The summed E-state index contributed by atoms with van der Waals surface area (Å²) in [5, 5.41) is 8.05. The predicted molar refractivity (Wildman–Crippen MR) is 66.8 cm³/mol. The molecule has 18 heavy (non-hydrogen) atoms. The third-order valence-electron chi connectivity index (χ3n) is 3.24. The molecule has 5 heteroatoms. The van der Waals surface area contributed by atoms with Crippen LogP contribution in [0, 0.1) is 0 Å². The summed E-state index contributed by atoms with van der Waals surface area (Å²) in [5.41, 5.74) is 8.96. The van der Waals surface area contributed by atoms with Crippen molar-refractivity contribution < 1.29 is 4.74 Å². The number of nitrogens with two attached hydrogens (primary N) is 1. The predicted octanol–water partition coefficient (Wildman–Crippen LogP) is 1.05. The van der Waals surface area contributed by atoms with Crippen LogP contribution in [0.2, 0.25) is 0 Å². The van der Waals surface area contributed by atoms with E-state index < -0.39 is 0 Å². The molecule has 1 aliphatic rings. The Balaban J connectivity index is 1.81. The van der Waals surface area contributed by atoms with Crippen molar-refractivity contribution in [1.29, 1.82) is 0 Å². The van der Waals surface area contributed by atoms with E-state index in [0.29, 0.717) is 13.1 Å². The Hall–Kier alpha value is -1.72. The molecule has 2 aromatic rings. The molecule has 1 aromatic heterocycles. The summed E-state index contributed by atoms with van der Waals surface area (Å²) in [5.74, 6) is 0. The van der Waals surface area contributed by atoms with Gasteiger partial charge in [0.05, 0.1) is 18.8 Å². The number of fused-ring (bicyclic) bond motifs is 1. The zero-order chi connectivity index (χ0) is 12.4. The largest absolute Gasteiger partial charge is 0.371 e. The smallest absolute Gasteiger partial charge is 0.102 e. The first kappa shape index (κ1) is 11.4. The van der Waals surface area contributed by atoms with Crippen molar-refractivity contribution >= 4 is 0 Å². The van der Waals surface area contributed by atoms with Crippen molar-refractivity contribution in [1.82, 2.24) is 15.0 Å². The Labute approximate surface area is 106 Å². The van der Waals surface area contributed by atoms with E-state index >= 15 is 0 Å². The molecule has 94 valence electrons. The maximum Gasteiger partial charge on any atom is 0.102 e. The lowest BCUT2D eigenvalue weighted by molar-refractivity contribution is 0.0279. The van der Waals surface area contributed by atoms with E-state index in [1.165, 1.54) is 11.1 Å². The van der Waals surface area contributed by atoms with Crippen LogP contribution >= 0.6 is 0 Å². The molecule has 1 aliphatic heterocycles. The summed E-state index contributed by atoms with van der Waals surface area (Å²) < 4.78 is 7.63. The fourth-order valence-corrected chi connectivity index (χ4v) is 2.32. The summed E-state index contributed by atoms with van der Waals surface area (Å²) in [6.07, 6.45) is 2.92. The first-order valence-electron chi connectivity index (χ1n) is 6.15. The van der Waals surface area contributed by atoms with Crippen molar-refractivity contribution in [2.24, 2.45) is 5.73 Å². The number of hydrogen-bond donors (Lipinski definition) is 1. The van der Waals surface area contributed by atoms with Gasteiger partial charge in [0.1, 0.15) is 6.10 Å². The third-order valence-corrected chi connectivity index (χ3v) is 3.24. The Morgan fingerprint density at radius 2 is 2.28 bits per heavy atom. The van der Waals surface area contributed by atoms with Crippen molar-refractivity contribution in [2.45, 2.75) is 25.6 Å². The minimum Gasteiger partial charge on any atom is -0.371 e. The number of hydrogen-bond acceptors (Lipinski definition) is 4. The maximum atomic E-state index is 5.83. The zero-order valence-electron chi connectivity index (χ0n) is 10.1. The molecule has 0 saturated carbocycles. The highest BCUT2D eigenvalue weighted by atomic mass is 16.5. The lowest BCUT2D eigenvalue weighted by atomic mass is 9.98. The summed E-state index contributed by atoms with van der Waals surface area (Å²) in [6, 6.07) is 8.41. The SMILES string of the molecule is NCc1cn(CC2OCCc3ccccc32)nn1. The minimum atomic E-state index is 0.0577. The highest BCUT2D eigenvalue weighted by molar-refractivity contribution is 5.30. The van der Waals surface area contributed by atoms with Crippen LogP contribution in [0.1, 0.15) is 22.9 Å². The second-order valence-corrected chi connectivity index (χ2v) is 4.44. The average molecular weight is 244 g/mol. The van der Waals surface area contributed by atoms with E-state index in [9.17, 15) is 0 Å². The van der Waals surface area contributed by atoms with Gasteiger partial charge in [0, 0.05) is 12.7 Å². The molecular formula is C13H16N4O. The molecule has 0 aliphatic carbocycles. The number of nitrogens with zero attached hydrogens (tertiary/aromatic N) is 3. The van der Waals surface area contributed by atoms with Crippen LogP contribution < -0.4 is 5.73 Å². The summed E-state index contributed by atoms with van der Waals surface area (Å²) in [4.78, 5) is 0. The van der Waals surface area contributed by atoms with E-state index in [-0.39, 0.29) is 6.10 Å². The van der Waals surface area contributed by atoms with E-state index in [4.69, 9.17) is 10.5 Å². The Bertz CT molecular complexity index is 537. The van der Waals surface area contributed by atoms with Crippen LogP contribution in [0.25, 0.3) is 0 Å². The molecule has 0 spiro atoms. The third kappa shape index (κ3) is 2.14. The van der Waals surface area contributed by atoms with Crippen LogP contribution in [0.4, 0.5) is 0 Å². The van der Waals surface area contributed by atoms with Crippen LogP contribution in [-0.4, -0.2) is 21.6 Å². The molecule has 0 fully saturated rings. The van der Waals surface area contributed by atoms with Crippen molar-refractivity contribution in [3.05, 3.63) is 47.3 Å². The van der Waals surface area contributed by atoms with Gasteiger partial charge >= 0.3 is 0 Å². The number of benzene rings is 1. The van der Waals surface area contributed by atoms with E-state index in [2.05, 4.69) is 28.5 Å². The van der Waals surface area contributed by atoms with Crippen LogP contribution in [0.5, 0.6) is 0 Å². The molecule has 2 N–H and O–H groups in total. The molecule has 3 rings (SSSR count). The van der Waals surface area contributed by atoms with Crippen LogP contribution in [-0.2, 0) is 24.2 Å². The quantitative estimate of drug-likeness (QED) is 0.876. The summed E-state index contributed by atoms with van der Waals surface area (Å²) in [7, 11) is 0. The molecule has 1 unspecified atom stereocenters. The average Bonchev–Trinajstić information content (AvgIpc) is 2.87. The summed E-state index contributed by atoms with van der Waals surface area (Å²) >= 11 is 0. The van der Waals surface area contributed by atoms with Gasteiger partial charge in [0.2, 0.25) is 0 Å². The zero-order valence-corrected chi connectivity index (χ0v) is 10.1. The topological polar surface area (TPSA) is 66.0 Å². The Morgan fingerprint density at radius 1 is 1.39 bits per heavy atom. The Kier molecular flexibility index (Phi) is 3.08. The van der Waals surface area contributed by atoms with E-state index in [1.54, 1.807) is 4.68 Å². The maximum absolute atomic E-state index is 5.83. The monoisotopic (exact) mass is 244 g/mol. The molecule has 1 atom stereocenters. The second-order valence-electron chi connectivity index (χ2n) is 4.44. The molecule has 0 amide bonds. The minimum absolute atomic E-state index is 0.0577. The fourth-order valence-electron chi connectivity index (χ4n) is 2.32. The van der Waals surface area contributed by atoms with Gasteiger partial charge in [-0.15, -0.1) is 5.10 Å². The van der Waals surface area contributed by atoms with Gasteiger partial charge in [-0.1, -0.05) is 29.5 Å². The highest BCUT2D eigenvalue weighted by Gasteiger charge is 2.21. The summed E-state index contributed by atoms with van der Waals surface area (Å²) in [6.45, 7) is 1.87. The van der Waals surface area contributed by atoms with Gasteiger partial charge in [0.25, 0.3) is 0 Å². The molecule has 2 heterocycles. The van der Waals surface area contributed by atoms with Crippen LogP contribution in [0.15, 0.2) is 30.5 Å². The molecule has 0 bridgehead atoms. The van der Waals surface area contributed by atoms with Crippen molar-refractivity contribution in [3.63, 3.8) is 0 Å². The molecule has 0 radical (unpaired) electrons. The van der Waals surface area contributed by atoms with E-state index in [0.717, 1.165) is 18.7 Å². The lowest BCUT2D eigenvalue weighted by Gasteiger charge is -2.25. The van der Waals surface area contributed by atoms with Gasteiger partial charge < -0.3 is 10.5 Å². The van der Waals surface area contributed by atoms with Gasteiger partial charge in [-0.25, -0.2) is 4.68 Å². The first-order valence-corrected chi connectivity index (χ1v) is 6.15. The number of ether oxygens (including phenoxy) is 1. The normalized spacial score (nSPS) is 18.6. The number of rotatable bonds is 3. The van der Waals surface area contributed by atoms with Gasteiger partial charge in [0.15, 0.2) is 0 Å². The molecule has 0 saturated heterocycles. The lowest BCUT2D eigenvalue weighted by Crippen LogP contribution is -2.20. The second kappa shape index (κ2) is 4.88. The fraction of sp³-hybridized carbons (Fsp3) is 0.385. The van der Waals surface area contributed by atoms with Gasteiger partial charge in [-0.2, -0.15) is 0 Å². The van der Waals surface area contributed by atoms with Gasteiger partial charge in [-0.3, -0.25) is 0 Å². The first-order chi connectivity index (χ1) is 8.86. The van der Waals surface area contributed by atoms with E-state index in [1.807, 2.05) is 12.3 Å². The Morgan fingerprint density at radius 3 is 3.11 bits per heavy atom. The van der Waals surface area contributed by atoms with Gasteiger partial charge in [-0.05, 0) is 17.5 Å². The molecule has 1 aromatic carbocycles. The van der Waals surface area contributed by atoms with Crippen molar-refractivity contribution in [2.75, 3.05) is 6.61 Å². The van der Waals surface area contributed by atoms with Crippen LogP contribution in [0.3, 0.4) is 0 Å². The molecule has 5 nitrogen and oxygen atoms in total. The van der Waals surface area contributed by atoms with Crippen molar-refractivity contribution in [3.8, 4) is 0 Å².